The van der Waals surface area contributed by atoms with Gasteiger partial charge in [-0.05, 0) is 49.2 Å². The van der Waals surface area contributed by atoms with E-state index in [0.29, 0.717) is 28.9 Å². The van der Waals surface area contributed by atoms with Crippen molar-refractivity contribution < 1.29 is 22.2 Å². The monoisotopic (exact) mass is 542 g/mol. The van der Waals surface area contributed by atoms with Crippen LogP contribution in [0.2, 0.25) is 16.6 Å². The summed E-state index contributed by atoms with van der Waals surface area (Å²) in [6.07, 6.45) is 5.10. The van der Waals surface area contributed by atoms with Crippen LogP contribution in [-0.2, 0) is 24.5 Å². The lowest BCUT2D eigenvalue weighted by atomic mass is 9.91. The highest BCUT2D eigenvalue weighted by atomic mass is 32.2. The molecule has 1 aromatic rings. The van der Waals surface area contributed by atoms with Gasteiger partial charge < -0.3 is 8.95 Å². The lowest BCUT2D eigenvalue weighted by molar-refractivity contribution is -0.118. The van der Waals surface area contributed by atoms with E-state index in [1.54, 1.807) is 6.07 Å². The maximum Gasteiger partial charge on any atom is 0.247 e. The number of nitrogens with zero attached hydrogens (tertiary/aromatic N) is 1. The van der Waals surface area contributed by atoms with Gasteiger partial charge in [-0.3, -0.25) is 10.1 Å². The molecule has 7 nitrogen and oxygen atoms in total. The van der Waals surface area contributed by atoms with Gasteiger partial charge in [0.2, 0.25) is 11.8 Å². The summed E-state index contributed by atoms with van der Waals surface area (Å²) in [6.45, 7) is 21.1. The van der Waals surface area contributed by atoms with Crippen molar-refractivity contribution in [3.63, 3.8) is 0 Å². The third kappa shape index (κ3) is 6.62. The summed E-state index contributed by atoms with van der Waals surface area (Å²) < 4.78 is 36.9. The second-order valence-corrected chi connectivity index (χ2v) is 20.9. The van der Waals surface area contributed by atoms with Crippen molar-refractivity contribution in [1.82, 2.24) is 5.16 Å². The fraction of sp³-hybridized carbons (Fsp3) is 0.852. The zero-order chi connectivity index (χ0) is 27.5. The Bertz CT molecular complexity index is 954. The Kier molecular flexibility index (Phi) is 10.1. The molecule has 0 radical (unpaired) electrons. The van der Waals surface area contributed by atoms with Crippen molar-refractivity contribution in [2.24, 2.45) is 5.92 Å². The molecule has 1 aliphatic carbocycles. The van der Waals surface area contributed by atoms with Gasteiger partial charge in [0.05, 0.1) is 11.4 Å². The molecule has 1 heterocycles. The Morgan fingerprint density at radius 3 is 2.08 bits per heavy atom. The first-order valence-corrected chi connectivity index (χ1v) is 17.4. The highest BCUT2D eigenvalue weighted by Gasteiger charge is 2.47. The van der Waals surface area contributed by atoms with Gasteiger partial charge in [0.25, 0.3) is 0 Å². The van der Waals surface area contributed by atoms with Gasteiger partial charge >= 0.3 is 0 Å². The standard InChI is InChI=1S/C27H50N2O5SSi/c1-19(2)36(20(3)4,21(5)6)33-18-26(7,8)23-16-24(34-29-23)28-25(30)27(9,10)35(31,32)17-22-14-12-11-13-15-22/h16,19-22H,11-15,17-18H2,1-10H3,(H,28,30). The van der Waals surface area contributed by atoms with E-state index in [-0.39, 0.29) is 17.6 Å². The average molecular weight is 543 g/mol. The van der Waals surface area contributed by atoms with Gasteiger partial charge in [-0.2, -0.15) is 0 Å². The van der Waals surface area contributed by atoms with Gasteiger partial charge in [-0.15, -0.1) is 0 Å². The Morgan fingerprint density at radius 1 is 1.06 bits per heavy atom. The van der Waals surface area contributed by atoms with Crippen molar-refractivity contribution in [3.05, 3.63) is 11.8 Å². The molecule has 208 valence electrons. The van der Waals surface area contributed by atoms with Crippen LogP contribution in [0.4, 0.5) is 5.88 Å². The molecule has 36 heavy (non-hydrogen) atoms. The fourth-order valence-corrected chi connectivity index (χ4v) is 13.1. The summed E-state index contributed by atoms with van der Waals surface area (Å²) in [4.78, 5) is 13.1. The molecule has 1 amide bonds. The minimum atomic E-state index is -3.64. The van der Waals surface area contributed by atoms with Crippen LogP contribution in [0.3, 0.4) is 0 Å². The molecular weight excluding hydrogens is 492 g/mol. The average Bonchev–Trinajstić information content (AvgIpc) is 3.23. The van der Waals surface area contributed by atoms with Crippen LogP contribution in [-0.4, -0.2) is 44.9 Å². The van der Waals surface area contributed by atoms with Crippen LogP contribution in [0, 0.1) is 5.92 Å². The number of carbonyl (C=O) groups excluding carboxylic acids is 1. The molecule has 1 N–H and O–H groups in total. The summed E-state index contributed by atoms with van der Waals surface area (Å²) in [6, 6.07) is 1.69. The van der Waals surface area contributed by atoms with Crippen molar-refractivity contribution >= 4 is 29.9 Å². The number of carbonyl (C=O) groups is 1. The third-order valence-corrected chi connectivity index (χ3v) is 17.0. The SMILES string of the molecule is CC(C)[Si](OCC(C)(C)c1cc(NC(=O)C(C)(C)S(=O)(=O)CC2CCCCC2)on1)(C(C)C)C(C)C. The molecule has 0 bridgehead atoms. The van der Waals surface area contributed by atoms with E-state index in [9.17, 15) is 13.2 Å². The van der Waals surface area contributed by atoms with E-state index in [1.165, 1.54) is 13.8 Å². The van der Waals surface area contributed by atoms with Crippen molar-refractivity contribution in [1.29, 1.82) is 0 Å². The van der Waals surface area contributed by atoms with Crippen LogP contribution in [0.1, 0.15) is 107 Å². The van der Waals surface area contributed by atoms with E-state index in [0.717, 1.165) is 32.1 Å². The molecule has 9 heteroatoms. The minimum absolute atomic E-state index is 0.0483. The molecule has 2 rings (SSSR count). The highest BCUT2D eigenvalue weighted by molar-refractivity contribution is 7.93. The third-order valence-electron chi connectivity index (χ3n) is 8.33. The van der Waals surface area contributed by atoms with Crippen molar-refractivity contribution in [2.45, 2.75) is 128 Å². The number of nitrogens with one attached hydrogen (secondary N) is 1. The summed E-state index contributed by atoms with van der Waals surface area (Å²) in [5.41, 5.74) is 1.64. The first kappa shape index (κ1) is 31.0. The first-order chi connectivity index (χ1) is 16.5. The largest absolute Gasteiger partial charge is 0.415 e. The predicted molar refractivity (Wildman–Crippen MR) is 150 cm³/mol. The van der Waals surface area contributed by atoms with Crippen LogP contribution in [0.25, 0.3) is 0 Å². The fourth-order valence-electron chi connectivity index (χ4n) is 5.81. The molecule has 0 spiro atoms. The number of sulfone groups is 1. The number of anilines is 1. The molecule has 1 aromatic heterocycles. The minimum Gasteiger partial charge on any atom is -0.415 e. The van der Waals surface area contributed by atoms with Crippen molar-refractivity contribution in [3.8, 4) is 0 Å². The molecule has 0 aliphatic heterocycles. The number of aromatic nitrogens is 1. The molecule has 0 atom stereocenters. The zero-order valence-corrected chi connectivity index (χ0v) is 26.0. The zero-order valence-electron chi connectivity index (χ0n) is 24.2. The Morgan fingerprint density at radius 2 is 1.58 bits per heavy atom. The highest BCUT2D eigenvalue weighted by Crippen LogP contribution is 2.43. The van der Waals surface area contributed by atoms with E-state index in [1.807, 2.05) is 0 Å². The number of hydrogen-bond donors (Lipinski definition) is 1. The van der Waals surface area contributed by atoms with Crippen molar-refractivity contribution in [2.75, 3.05) is 17.7 Å². The van der Waals surface area contributed by atoms with E-state index in [4.69, 9.17) is 8.95 Å². The molecule has 1 aliphatic rings. The lowest BCUT2D eigenvalue weighted by Crippen LogP contribution is -2.49. The molecule has 0 unspecified atom stereocenters. The topological polar surface area (TPSA) is 98.5 Å². The van der Waals surface area contributed by atoms with Gasteiger partial charge in [0, 0.05) is 18.1 Å². The predicted octanol–water partition coefficient (Wildman–Crippen LogP) is 6.86. The van der Waals surface area contributed by atoms with Gasteiger partial charge in [0.15, 0.2) is 18.2 Å². The van der Waals surface area contributed by atoms with Gasteiger partial charge in [-0.25, -0.2) is 8.42 Å². The van der Waals surface area contributed by atoms with E-state index < -0.39 is 34.2 Å². The molecule has 0 aromatic carbocycles. The van der Waals surface area contributed by atoms with Gasteiger partial charge in [0.1, 0.15) is 4.75 Å². The van der Waals surface area contributed by atoms with Crippen LogP contribution < -0.4 is 5.32 Å². The maximum absolute atomic E-state index is 13.1. The lowest BCUT2D eigenvalue weighted by Gasteiger charge is -2.43. The van der Waals surface area contributed by atoms with E-state index >= 15 is 0 Å². The Balaban J connectivity index is 2.12. The summed E-state index contributed by atoms with van der Waals surface area (Å²) >= 11 is 0. The molecule has 1 fully saturated rings. The van der Waals surface area contributed by atoms with Crippen LogP contribution in [0.15, 0.2) is 10.6 Å². The van der Waals surface area contributed by atoms with Crippen LogP contribution >= 0.6 is 0 Å². The Hall–Kier alpha value is -1.19. The normalized spacial score (nSPS) is 16.8. The second-order valence-electron chi connectivity index (χ2n) is 12.8. The number of amides is 1. The Labute approximate surface area is 220 Å². The molecule has 0 saturated heterocycles. The maximum atomic E-state index is 13.1. The molecule has 1 saturated carbocycles. The summed E-state index contributed by atoms with van der Waals surface area (Å²) in [7, 11) is -5.69. The smallest absolute Gasteiger partial charge is 0.247 e. The first-order valence-electron chi connectivity index (χ1n) is 13.6. The quantitative estimate of drug-likeness (QED) is 0.290. The van der Waals surface area contributed by atoms with Crippen LogP contribution in [0.5, 0.6) is 0 Å². The van der Waals surface area contributed by atoms with E-state index in [2.05, 4.69) is 65.9 Å². The number of hydrogen-bond acceptors (Lipinski definition) is 6. The number of rotatable bonds is 12. The molecular formula is C27H50N2O5SSi. The second kappa shape index (κ2) is 11.7. The van der Waals surface area contributed by atoms with Gasteiger partial charge in [-0.1, -0.05) is 79.8 Å². The summed E-state index contributed by atoms with van der Waals surface area (Å²) in [5.74, 6) is -0.260. The summed E-state index contributed by atoms with van der Waals surface area (Å²) in [5, 5.41) is 6.88.